The van der Waals surface area contributed by atoms with E-state index in [1.54, 1.807) is 4.90 Å². The third-order valence-electron chi connectivity index (χ3n) is 3.41. The zero-order valence-corrected chi connectivity index (χ0v) is 13.9. The van der Waals surface area contributed by atoms with Crippen molar-refractivity contribution in [2.75, 3.05) is 25.1 Å². The van der Waals surface area contributed by atoms with Gasteiger partial charge < -0.3 is 19.7 Å². The van der Waals surface area contributed by atoms with E-state index in [1.165, 1.54) is 0 Å². The first-order chi connectivity index (χ1) is 10.4. The van der Waals surface area contributed by atoms with Crippen molar-refractivity contribution in [2.45, 2.75) is 45.9 Å². The van der Waals surface area contributed by atoms with Crippen LogP contribution in [0, 0.1) is 0 Å². The van der Waals surface area contributed by atoms with E-state index in [2.05, 4.69) is 5.32 Å². The molecule has 5 nitrogen and oxygen atoms in total. The minimum atomic E-state index is -0.481. The van der Waals surface area contributed by atoms with Gasteiger partial charge >= 0.3 is 6.09 Å². The van der Waals surface area contributed by atoms with Crippen LogP contribution in [0.1, 0.15) is 33.3 Å². The summed E-state index contributed by atoms with van der Waals surface area (Å²) in [7, 11) is 0. The summed E-state index contributed by atoms with van der Waals surface area (Å²) in [6, 6.07) is 8.42. The van der Waals surface area contributed by atoms with Gasteiger partial charge in [0.05, 0.1) is 25.8 Å². The van der Waals surface area contributed by atoms with Crippen molar-refractivity contribution < 1.29 is 14.3 Å². The van der Waals surface area contributed by atoms with Crippen molar-refractivity contribution >= 4 is 11.8 Å². The Morgan fingerprint density at radius 3 is 2.59 bits per heavy atom. The van der Waals surface area contributed by atoms with Crippen molar-refractivity contribution in [2.24, 2.45) is 0 Å². The van der Waals surface area contributed by atoms with Crippen molar-refractivity contribution in [1.82, 2.24) is 4.90 Å². The molecule has 0 bridgehead atoms. The van der Waals surface area contributed by atoms with Gasteiger partial charge in [-0.2, -0.15) is 0 Å². The summed E-state index contributed by atoms with van der Waals surface area (Å²) in [5.41, 5.74) is 1.66. The van der Waals surface area contributed by atoms with Crippen LogP contribution in [0.25, 0.3) is 0 Å². The Morgan fingerprint density at radius 2 is 2.05 bits per heavy atom. The Balaban J connectivity index is 2.05. The fraction of sp³-hybridized carbons (Fsp3) is 0.588. The molecule has 1 heterocycles. The maximum atomic E-state index is 12.3. The summed E-state index contributed by atoms with van der Waals surface area (Å²) < 4.78 is 10.7. The zero-order chi connectivity index (χ0) is 16.2. The maximum Gasteiger partial charge on any atom is 0.410 e. The van der Waals surface area contributed by atoms with Crippen LogP contribution in [-0.2, 0) is 16.0 Å². The van der Waals surface area contributed by atoms with Gasteiger partial charge in [-0.05, 0) is 39.3 Å². The number of amides is 1. The monoisotopic (exact) mass is 306 g/mol. The molecule has 1 aliphatic heterocycles. The molecule has 0 aromatic heterocycles. The molecule has 1 saturated heterocycles. The molecule has 2 rings (SSSR count). The van der Waals surface area contributed by atoms with Gasteiger partial charge in [-0.25, -0.2) is 4.79 Å². The van der Waals surface area contributed by atoms with E-state index in [-0.39, 0.29) is 6.09 Å². The number of para-hydroxylation sites is 1. The fourth-order valence-corrected chi connectivity index (χ4v) is 2.18. The number of nitrogens with one attached hydrogen (secondary N) is 1. The molecule has 0 saturated carbocycles. The topological polar surface area (TPSA) is 50.8 Å². The number of ether oxygens (including phenoxy) is 2. The lowest BCUT2D eigenvalue weighted by Gasteiger charge is -2.30. The van der Waals surface area contributed by atoms with Crippen molar-refractivity contribution in [3.05, 3.63) is 29.8 Å². The third kappa shape index (κ3) is 4.63. The summed E-state index contributed by atoms with van der Waals surface area (Å²) >= 11 is 0. The SMILES string of the molecule is CCN(Cc1ccccc1NC1COC1)C(=O)OC(C)(C)C. The smallest absolute Gasteiger partial charge is 0.410 e. The van der Waals surface area contributed by atoms with Gasteiger partial charge in [-0.3, -0.25) is 0 Å². The molecule has 22 heavy (non-hydrogen) atoms. The highest BCUT2D eigenvalue weighted by Gasteiger charge is 2.23. The predicted octanol–water partition coefficient (Wildman–Crippen LogP) is 3.25. The van der Waals surface area contributed by atoms with Gasteiger partial charge in [-0.1, -0.05) is 18.2 Å². The number of hydrogen-bond donors (Lipinski definition) is 1. The Bertz CT molecular complexity index is 507. The largest absolute Gasteiger partial charge is 0.444 e. The molecule has 1 N–H and O–H groups in total. The first-order valence-corrected chi connectivity index (χ1v) is 7.79. The summed E-state index contributed by atoms with van der Waals surface area (Å²) in [5, 5.41) is 3.46. The maximum absolute atomic E-state index is 12.3. The predicted molar refractivity (Wildman–Crippen MR) is 87.0 cm³/mol. The van der Waals surface area contributed by atoms with E-state index in [4.69, 9.17) is 9.47 Å². The second-order valence-corrected chi connectivity index (χ2v) is 6.53. The molecule has 0 spiro atoms. The van der Waals surface area contributed by atoms with Crippen LogP contribution in [0.15, 0.2) is 24.3 Å². The molecule has 5 heteroatoms. The Hall–Kier alpha value is -1.75. The lowest BCUT2D eigenvalue weighted by Crippen LogP contribution is -2.41. The molecular weight excluding hydrogens is 280 g/mol. The van der Waals surface area contributed by atoms with E-state index in [1.807, 2.05) is 52.0 Å². The number of carbonyl (C=O) groups is 1. The number of anilines is 1. The number of rotatable bonds is 5. The molecule has 1 aromatic rings. The number of hydrogen-bond acceptors (Lipinski definition) is 4. The number of benzene rings is 1. The molecule has 0 atom stereocenters. The second-order valence-electron chi connectivity index (χ2n) is 6.53. The standard InChI is InChI=1S/C17H26N2O3/c1-5-19(16(20)22-17(2,3)4)10-13-8-6-7-9-15(13)18-14-11-21-12-14/h6-9,14,18H,5,10-12H2,1-4H3. The van der Waals surface area contributed by atoms with Gasteiger partial charge in [0.1, 0.15) is 5.60 Å². The van der Waals surface area contributed by atoms with Crippen molar-refractivity contribution in [1.29, 1.82) is 0 Å². The Labute approximate surface area is 132 Å². The molecule has 1 fully saturated rings. The van der Waals surface area contributed by atoms with Gasteiger partial charge in [0.2, 0.25) is 0 Å². The highest BCUT2D eigenvalue weighted by Crippen LogP contribution is 2.21. The van der Waals surface area contributed by atoms with Gasteiger partial charge in [-0.15, -0.1) is 0 Å². The average Bonchev–Trinajstić information content (AvgIpc) is 2.39. The van der Waals surface area contributed by atoms with Crippen LogP contribution >= 0.6 is 0 Å². The van der Waals surface area contributed by atoms with E-state index in [9.17, 15) is 4.79 Å². The molecule has 1 aromatic carbocycles. The lowest BCUT2D eigenvalue weighted by atomic mass is 10.1. The molecule has 1 aliphatic rings. The average molecular weight is 306 g/mol. The summed E-state index contributed by atoms with van der Waals surface area (Å²) in [6.45, 7) is 10.2. The van der Waals surface area contributed by atoms with Crippen molar-refractivity contribution in [3.63, 3.8) is 0 Å². The molecule has 0 aliphatic carbocycles. The number of nitrogens with zero attached hydrogens (tertiary/aromatic N) is 1. The summed E-state index contributed by atoms with van der Waals surface area (Å²) in [5.74, 6) is 0. The summed E-state index contributed by atoms with van der Waals surface area (Å²) in [4.78, 5) is 14.0. The molecular formula is C17H26N2O3. The fourth-order valence-electron chi connectivity index (χ4n) is 2.18. The van der Waals surface area contributed by atoms with E-state index >= 15 is 0 Å². The Kier molecular flexibility index (Phi) is 5.29. The van der Waals surface area contributed by atoms with Crippen LogP contribution in [-0.4, -0.2) is 42.4 Å². The molecule has 1 amide bonds. The van der Waals surface area contributed by atoms with Gasteiger partial charge in [0.15, 0.2) is 0 Å². The lowest BCUT2D eigenvalue weighted by molar-refractivity contribution is 0.0206. The van der Waals surface area contributed by atoms with Gasteiger partial charge in [0, 0.05) is 12.2 Å². The number of carbonyl (C=O) groups excluding carboxylic acids is 1. The van der Waals surface area contributed by atoms with Gasteiger partial charge in [0.25, 0.3) is 0 Å². The zero-order valence-electron chi connectivity index (χ0n) is 13.9. The molecule has 122 valence electrons. The highest BCUT2D eigenvalue weighted by molar-refractivity contribution is 5.68. The third-order valence-corrected chi connectivity index (χ3v) is 3.41. The van der Waals surface area contributed by atoms with E-state index in [0.717, 1.165) is 24.5 Å². The van der Waals surface area contributed by atoms with Crippen LogP contribution < -0.4 is 5.32 Å². The second kappa shape index (κ2) is 7.01. The molecule has 0 radical (unpaired) electrons. The van der Waals surface area contributed by atoms with Crippen LogP contribution in [0.3, 0.4) is 0 Å². The first-order valence-electron chi connectivity index (χ1n) is 7.79. The normalized spacial score (nSPS) is 15.1. The minimum Gasteiger partial charge on any atom is -0.444 e. The van der Waals surface area contributed by atoms with Crippen LogP contribution in [0.4, 0.5) is 10.5 Å². The van der Waals surface area contributed by atoms with Crippen molar-refractivity contribution in [3.8, 4) is 0 Å². The first kappa shape index (κ1) is 16.6. The van der Waals surface area contributed by atoms with E-state index < -0.39 is 5.60 Å². The van der Waals surface area contributed by atoms with E-state index in [0.29, 0.717) is 19.1 Å². The van der Waals surface area contributed by atoms with Crippen LogP contribution in [0.5, 0.6) is 0 Å². The quantitative estimate of drug-likeness (QED) is 0.907. The van der Waals surface area contributed by atoms with Crippen LogP contribution in [0.2, 0.25) is 0 Å². The summed E-state index contributed by atoms with van der Waals surface area (Å²) in [6.07, 6.45) is -0.281. The minimum absolute atomic E-state index is 0.281. The molecule has 0 unspecified atom stereocenters. The Morgan fingerprint density at radius 1 is 1.36 bits per heavy atom. The highest BCUT2D eigenvalue weighted by atomic mass is 16.6.